The van der Waals surface area contributed by atoms with E-state index in [-0.39, 0.29) is 7.43 Å². The molecule has 0 unspecified atom stereocenters. The second-order valence-corrected chi connectivity index (χ2v) is 5.50. The van der Waals surface area contributed by atoms with Crippen molar-refractivity contribution in [1.29, 1.82) is 0 Å². The van der Waals surface area contributed by atoms with E-state index in [1.54, 1.807) is 34.0 Å². The normalized spacial score (nSPS) is 7.48. The lowest BCUT2D eigenvalue weighted by atomic mass is 10.5. The van der Waals surface area contributed by atoms with E-state index in [1.807, 2.05) is 62.7 Å². The van der Waals surface area contributed by atoms with Gasteiger partial charge in [0.2, 0.25) is 0 Å². The zero-order chi connectivity index (χ0) is 15.6. The largest absolute Gasteiger partial charge is 0.353 e. The van der Waals surface area contributed by atoms with Gasteiger partial charge < -0.3 is 4.98 Å². The molecular weight excluding hydrogens is 336 g/mol. The Labute approximate surface area is 148 Å². The number of thiol groups is 1. The van der Waals surface area contributed by atoms with Crippen molar-refractivity contribution in [2.24, 2.45) is 0 Å². The fraction of sp³-hybridized carbons (Fsp3) is 0.333. The van der Waals surface area contributed by atoms with Gasteiger partial charge in [-0.2, -0.15) is 12.6 Å². The highest BCUT2D eigenvalue weighted by molar-refractivity contribution is 8.76. The fourth-order valence-corrected chi connectivity index (χ4v) is 2.22. The average Bonchev–Trinajstić information content (AvgIpc) is 2.54. The number of aromatic nitrogens is 2. The number of nitrogens with one attached hydrogen (secondary N) is 1. The Morgan fingerprint density at radius 3 is 2.05 bits per heavy atom. The summed E-state index contributed by atoms with van der Waals surface area (Å²) in [5, 5.41) is 1.07. The van der Waals surface area contributed by atoms with E-state index in [0.717, 1.165) is 9.67 Å². The summed E-state index contributed by atoms with van der Waals surface area (Å²) in [6.07, 6.45) is 7.35. The second kappa shape index (κ2) is 21.9. The van der Waals surface area contributed by atoms with Gasteiger partial charge in [0.05, 0.1) is 0 Å². The summed E-state index contributed by atoms with van der Waals surface area (Å²) < 4.78 is 0.780. The third-order valence-electron chi connectivity index (χ3n) is 1.49. The summed E-state index contributed by atoms with van der Waals surface area (Å²) in [5.41, 5.74) is 0. The summed E-state index contributed by atoms with van der Waals surface area (Å²) in [5.74, 6) is 0. The number of hydrogen-bond acceptors (Lipinski definition) is 5. The van der Waals surface area contributed by atoms with E-state index in [2.05, 4.69) is 22.6 Å². The second-order valence-electron chi connectivity index (χ2n) is 2.64. The van der Waals surface area contributed by atoms with E-state index in [1.165, 1.54) is 0 Å². The van der Waals surface area contributed by atoms with Crippen molar-refractivity contribution in [3.05, 3.63) is 53.4 Å². The summed E-state index contributed by atoms with van der Waals surface area (Å²) >= 11 is 8.28. The number of nitrogens with zero attached hydrogens (tertiary/aromatic N) is 1. The lowest BCUT2D eigenvalue weighted by molar-refractivity contribution is 1.14. The van der Waals surface area contributed by atoms with Crippen LogP contribution in [0.2, 0.25) is 0 Å². The monoisotopic (exact) mass is 362 g/mol. The topological polar surface area (TPSA) is 28.7 Å². The molecule has 0 amide bonds. The molecule has 120 valence electrons. The van der Waals surface area contributed by atoms with Gasteiger partial charge in [0, 0.05) is 12.4 Å². The minimum Gasteiger partial charge on any atom is -0.353 e. The molecule has 0 aliphatic heterocycles. The van der Waals surface area contributed by atoms with E-state index in [4.69, 9.17) is 12.2 Å². The molecule has 0 bridgehead atoms. The number of H-pyrrole nitrogens is 1. The first-order valence-electron chi connectivity index (χ1n) is 6.03. The molecule has 0 aliphatic carbocycles. The minimum atomic E-state index is 0. The standard InChI is InChI=1S/C6H7NS2.C5H5NS.C2H6.CH4S.CH4/c1-8-9-6-4-2-3-5-7-6;7-5-3-1-2-4-6-5;2*1-2;/h2-5H,1H3;1-4H,(H,6,7);1-2H3;2H,1H3;1H4. The zero-order valence-electron chi connectivity index (χ0n) is 12.2. The summed E-state index contributed by atoms with van der Waals surface area (Å²) in [7, 11) is 3.39. The van der Waals surface area contributed by atoms with Crippen molar-refractivity contribution in [3.8, 4) is 0 Å². The van der Waals surface area contributed by atoms with Crippen molar-refractivity contribution in [2.45, 2.75) is 26.3 Å². The quantitative estimate of drug-likeness (QED) is 0.367. The molecule has 0 saturated carbocycles. The molecule has 21 heavy (non-hydrogen) atoms. The maximum Gasteiger partial charge on any atom is 0.106 e. The van der Waals surface area contributed by atoms with Crippen molar-refractivity contribution < 1.29 is 0 Å². The third-order valence-corrected chi connectivity index (χ3v) is 3.33. The molecule has 6 heteroatoms. The van der Waals surface area contributed by atoms with Crippen LogP contribution in [0, 0.1) is 4.64 Å². The highest BCUT2D eigenvalue weighted by Crippen LogP contribution is 2.25. The molecule has 0 fully saturated rings. The van der Waals surface area contributed by atoms with Crippen LogP contribution in [0.15, 0.2) is 53.8 Å². The highest BCUT2D eigenvalue weighted by Gasteiger charge is 1.87. The van der Waals surface area contributed by atoms with E-state index >= 15 is 0 Å². The third kappa shape index (κ3) is 17.5. The van der Waals surface area contributed by atoms with Crippen molar-refractivity contribution in [1.82, 2.24) is 9.97 Å². The Balaban J connectivity index is -0.000000244. The smallest absolute Gasteiger partial charge is 0.106 e. The van der Waals surface area contributed by atoms with Gasteiger partial charge in [-0.3, -0.25) is 0 Å². The molecule has 0 aliphatic rings. The van der Waals surface area contributed by atoms with Crippen molar-refractivity contribution >= 4 is 46.4 Å². The van der Waals surface area contributed by atoms with Gasteiger partial charge in [-0.05, 0) is 47.6 Å². The van der Waals surface area contributed by atoms with Crippen LogP contribution in [0.25, 0.3) is 0 Å². The van der Waals surface area contributed by atoms with Crippen LogP contribution >= 0.6 is 46.4 Å². The maximum atomic E-state index is 4.76. The van der Waals surface area contributed by atoms with Gasteiger partial charge in [-0.25, -0.2) is 4.98 Å². The van der Waals surface area contributed by atoms with Crippen LogP contribution in [0.5, 0.6) is 0 Å². The first kappa shape index (κ1) is 25.5. The van der Waals surface area contributed by atoms with Gasteiger partial charge in [0.25, 0.3) is 0 Å². The Kier molecular flexibility index (Phi) is 26.6. The van der Waals surface area contributed by atoms with Gasteiger partial charge in [-0.15, -0.1) is 0 Å². The molecular formula is C15H26N2S4. The first-order chi connectivity index (χ1) is 9.83. The molecule has 2 aromatic rings. The number of pyridine rings is 2. The Morgan fingerprint density at radius 1 is 1.10 bits per heavy atom. The van der Waals surface area contributed by atoms with Gasteiger partial charge in [-0.1, -0.05) is 56.4 Å². The highest BCUT2D eigenvalue weighted by atomic mass is 33.1. The molecule has 0 radical (unpaired) electrons. The molecule has 1 N–H and O–H groups in total. The molecule has 2 rings (SSSR count). The van der Waals surface area contributed by atoms with Crippen LogP contribution in [-0.2, 0) is 0 Å². The number of aromatic amines is 1. The zero-order valence-corrected chi connectivity index (χ0v) is 15.6. The molecule has 0 saturated heterocycles. The summed E-state index contributed by atoms with van der Waals surface area (Å²) in [6, 6.07) is 11.6. The van der Waals surface area contributed by atoms with E-state index in [9.17, 15) is 0 Å². The molecule has 2 heterocycles. The van der Waals surface area contributed by atoms with Crippen LogP contribution in [0.4, 0.5) is 0 Å². The van der Waals surface area contributed by atoms with Crippen molar-refractivity contribution in [3.63, 3.8) is 0 Å². The number of hydrogen-bond donors (Lipinski definition) is 2. The predicted octanol–water partition coefficient (Wildman–Crippen LogP) is 6.40. The predicted molar refractivity (Wildman–Crippen MR) is 108 cm³/mol. The Morgan fingerprint density at radius 2 is 1.71 bits per heavy atom. The summed E-state index contributed by atoms with van der Waals surface area (Å²) in [4.78, 5) is 6.96. The van der Waals surface area contributed by atoms with Gasteiger partial charge >= 0.3 is 0 Å². The Bertz CT molecular complexity index is 429. The maximum absolute atomic E-state index is 4.76. The van der Waals surface area contributed by atoms with Gasteiger partial charge in [0.1, 0.15) is 9.67 Å². The van der Waals surface area contributed by atoms with Crippen LogP contribution in [0.3, 0.4) is 0 Å². The SMILES string of the molecule is C.CC.CS.CSSc1ccccn1.S=c1cccc[nH]1. The first-order valence-corrected chi connectivity index (χ1v) is 9.89. The Hall–Kier alpha value is -0.430. The molecule has 0 spiro atoms. The lowest BCUT2D eigenvalue weighted by Gasteiger charge is -1.91. The van der Waals surface area contributed by atoms with Gasteiger partial charge in [0.15, 0.2) is 0 Å². The van der Waals surface area contributed by atoms with E-state index < -0.39 is 0 Å². The van der Waals surface area contributed by atoms with Crippen LogP contribution in [0.1, 0.15) is 21.3 Å². The van der Waals surface area contributed by atoms with Crippen LogP contribution < -0.4 is 0 Å². The molecule has 2 aromatic heterocycles. The molecule has 2 nitrogen and oxygen atoms in total. The summed E-state index contributed by atoms with van der Waals surface area (Å²) in [6.45, 7) is 4.00. The van der Waals surface area contributed by atoms with Crippen LogP contribution in [-0.4, -0.2) is 22.5 Å². The average molecular weight is 363 g/mol. The number of rotatable bonds is 2. The minimum absolute atomic E-state index is 0. The lowest BCUT2D eigenvalue weighted by Crippen LogP contribution is -1.71. The molecule has 0 atom stereocenters. The van der Waals surface area contributed by atoms with E-state index in [0.29, 0.717) is 0 Å². The molecule has 0 aromatic carbocycles. The fourth-order valence-electron chi connectivity index (χ4n) is 0.859. The van der Waals surface area contributed by atoms with Crippen molar-refractivity contribution in [2.75, 3.05) is 12.5 Å².